The van der Waals surface area contributed by atoms with Crippen LogP contribution < -0.4 is 10.1 Å². The zero-order valence-electron chi connectivity index (χ0n) is 14.8. The first kappa shape index (κ1) is 19.2. The summed E-state index contributed by atoms with van der Waals surface area (Å²) in [6, 6.07) is 14.0. The molecule has 0 saturated carbocycles. The molecule has 0 aliphatic carbocycles. The number of benzene rings is 2. The number of hydrogen-bond acceptors (Lipinski definition) is 4. The summed E-state index contributed by atoms with van der Waals surface area (Å²) >= 11 is 0. The average molecular weight is 354 g/mol. The van der Waals surface area contributed by atoms with Gasteiger partial charge in [0.2, 0.25) is 5.91 Å². The van der Waals surface area contributed by atoms with Crippen molar-refractivity contribution in [3.05, 3.63) is 75.8 Å². The van der Waals surface area contributed by atoms with Crippen LogP contribution in [-0.4, -0.2) is 24.0 Å². The molecule has 0 spiro atoms. The van der Waals surface area contributed by atoms with Gasteiger partial charge in [-0.3, -0.25) is 14.9 Å². The topological polar surface area (TPSA) is 81.5 Å². The van der Waals surface area contributed by atoms with Gasteiger partial charge in [0.25, 0.3) is 5.69 Å². The first-order valence-corrected chi connectivity index (χ1v) is 8.34. The van der Waals surface area contributed by atoms with Crippen molar-refractivity contribution in [3.8, 4) is 5.75 Å². The Bertz CT molecular complexity index is 785. The van der Waals surface area contributed by atoms with Crippen molar-refractivity contribution in [2.75, 3.05) is 7.11 Å². The van der Waals surface area contributed by atoms with Crippen molar-refractivity contribution in [2.45, 2.75) is 25.8 Å². The van der Waals surface area contributed by atoms with E-state index in [4.69, 9.17) is 4.74 Å². The van der Waals surface area contributed by atoms with E-state index in [1.165, 1.54) is 23.8 Å². The maximum Gasteiger partial charge on any atom is 0.270 e. The van der Waals surface area contributed by atoms with E-state index in [2.05, 4.69) is 5.32 Å². The minimum atomic E-state index is -0.460. The molecule has 136 valence electrons. The van der Waals surface area contributed by atoms with Gasteiger partial charge in [-0.15, -0.1) is 0 Å². The van der Waals surface area contributed by atoms with Crippen molar-refractivity contribution in [2.24, 2.45) is 0 Å². The molecule has 2 aromatic rings. The second-order valence-electron chi connectivity index (χ2n) is 5.98. The fourth-order valence-electron chi connectivity index (χ4n) is 2.45. The van der Waals surface area contributed by atoms with E-state index >= 15 is 0 Å². The van der Waals surface area contributed by atoms with Crippen LogP contribution in [-0.2, 0) is 11.2 Å². The summed E-state index contributed by atoms with van der Waals surface area (Å²) in [7, 11) is 1.63. The van der Waals surface area contributed by atoms with E-state index in [-0.39, 0.29) is 17.6 Å². The minimum Gasteiger partial charge on any atom is -0.497 e. The molecule has 1 atom stereocenters. The monoisotopic (exact) mass is 354 g/mol. The summed E-state index contributed by atoms with van der Waals surface area (Å²) in [6.45, 7) is 1.95. The van der Waals surface area contributed by atoms with E-state index in [1.807, 2.05) is 31.2 Å². The molecule has 2 aromatic carbocycles. The summed E-state index contributed by atoms with van der Waals surface area (Å²) < 4.78 is 5.13. The highest BCUT2D eigenvalue weighted by Crippen LogP contribution is 2.15. The van der Waals surface area contributed by atoms with Gasteiger partial charge in [0, 0.05) is 24.3 Å². The van der Waals surface area contributed by atoms with E-state index in [0.29, 0.717) is 5.56 Å². The SMILES string of the molecule is COc1ccc(CCC(C)NC(=O)/C=C/c2cccc([N+](=O)[O-])c2)cc1. The molecule has 1 N–H and O–H groups in total. The Balaban J connectivity index is 1.82. The van der Waals surface area contributed by atoms with Crippen LogP contribution in [0.5, 0.6) is 5.75 Å². The molecule has 0 aromatic heterocycles. The third-order valence-electron chi connectivity index (χ3n) is 3.92. The van der Waals surface area contributed by atoms with E-state index < -0.39 is 4.92 Å². The van der Waals surface area contributed by atoms with Crippen molar-refractivity contribution >= 4 is 17.7 Å². The van der Waals surface area contributed by atoms with Crippen molar-refractivity contribution in [1.29, 1.82) is 0 Å². The molecule has 26 heavy (non-hydrogen) atoms. The Labute approximate surface area is 152 Å². The van der Waals surface area contributed by atoms with Gasteiger partial charge in [-0.25, -0.2) is 0 Å². The molecule has 0 bridgehead atoms. The zero-order chi connectivity index (χ0) is 18.9. The van der Waals surface area contributed by atoms with Gasteiger partial charge in [-0.05, 0) is 49.1 Å². The van der Waals surface area contributed by atoms with Gasteiger partial charge in [-0.2, -0.15) is 0 Å². The number of nitro groups is 1. The van der Waals surface area contributed by atoms with Crippen molar-refractivity contribution < 1.29 is 14.5 Å². The van der Waals surface area contributed by atoms with E-state index in [0.717, 1.165) is 18.6 Å². The highest BCUT2D eigenvalue weighted by atomic mass is 16.6. The number of ether oxygens (including phenoxy) is 1. The second-order valence-corrected chi connectivity index (χ2v) is 5.98. The van der Waals surface area contributed by atoms with Crippen LogP contribution in [0.15, 0.2) is 54.6 Å². The van der Waals surface area contributed by atoms with Crippen LogP contribution in [0, 0.1) is 10.1 Å². The van der Waals surface area contributed by atoms with Crippen LogP contribution >= 0.6 is 0 Å². The zero-order valence-corrected chi connectivity index (χ0v) is 14.8. The summed E-state index contributed by atoms with van der Waals surface area (Å²) in [4.78, 5) is 22.3. The normalized spacial score (nSPS) is 11.9. The smallest absolute Gasteiger partial charge is 0.270 e. The average Bonchev–Trinajstić information content (AvgIpc) is 2.65. The summed E-state index contributed by atoms with van der Waals surface area (Å²) in [5, 5.41) is 13.7. The molecule has 6 nitrogen and oxygen atoms in total. The fraction of sp³-hybridized carbons (Fsp3) is 0.250. The number of carbonyl (C=O) groups excluding carboxylic acids is 1. The summed E-state index contributed by atoms with van der Waals surface area (Å²) in [5.74, 6) is 0.597. The Morgan fingerprint density at radius 2 is 2.00 bits per heavy atom. The molecule has 0 saturated heterocycles. The van der Waals surface area contributed by atoms with Gasteiger partial charge in [-0.1, -0.05) is 24.3 Å². The lowest BCUT2D eigenvalue weighted by Crippen LogP contribution is -2.31. The number of aryl methyl sites for hydroxylation is 1. The first-order chi connectivity index (χ1) is 12.5. The molecule has 2 rings (SSSR count). The number of nitro benzene ring substituents is 1. The number of carbonyl (C=O) groups is 1. The summed E-state index contributed by atoms with van der Waals surface area (Å²) in [6.07, 6.45) is 4.62. The lowest BCUT2D eigenvalue weighted by Gasteiger charge is -2.12. The Morgan fingerprint density at radius 3 is 2.65 bits per heavy atom. The van der Waals surface area contributed by atoms with Gasteiger partial charge in [0.05, 0.1) is 12.0 Å². The van der Waals surface area contributed by atoms with Crippen LogP contribution in [0.3, 0.4) is 0 Å². The van der Waals surface area contributed by atoms with Gasteiger partial charge in [0.1, 0.15) is 5.75 Å². The predicted octanol–water partition coefficient (Wildman–Crippen LogP) is 3.75. The molecule has 0 aliphatic heterocycles. The number of methoxy groups -OCH3 is 1. The standard InChI is InChI=1S/C20H22N2O4/c1-15(6-7-16-8-11-19(26-2)12-9-16)21-20(23)13-10-17-4-3-5-18(14-17)22(24)25/h3-5,8-15H,6-7H2,1-2H3,(H,21,23)/b13-10+. The lowest BCUT2D eigenvalue weighted by atomic mass is 10.1. The predicted molar refractivity (Wildman–Crippen MR) is 101 cm³/mol. The fourth-order valence-corrected chi connectivity index (χ4v) is 2.45. The maximum atomic E-state index is 12.0. The second kappa shape index (κ2) is 9.36. The molecular weight excluding hydrogens is 332 g/mol. The minimum absolute atomic E-state index is 0.000387. The quantitative estimate of drug-likeness (QED) is 0.445. The maximum absolute atomic E-state index is 12.0. The Hall–Kier alpha value is -3.15. The lowest BCUT2D eigenvalue weighted by molar-refractivity contribution is -0.384. The van der Waals surface area contributed by atoms with E-state index in [1.54, 1.807) is 25.3 Å². The van der Waals surface area contributed by atoms with Crippen LogP contribution in [0.25, 0.3) is 6.08 Å². The highest BCUT2D eigenvalue weighted by molar-refractivity contribution is 5.91. The van der Waals surface area contributed by atoms with Crippen LogP contribution in [0.4, 0.5) is 5.69 Å². The number of amides is 1. The van der Waals surface area contributed by atoms with Crippen LogP contribution in [0.1, 0.15) is 24.5 Å². The van der Waals surface area contributed by atoms with Gasteiger partial charge >= 0.3 is 0 Å². The molecule has 0 radical (unpaired) electrons. The molecule has 0 fully saturated rings. The van der Waals surface area contributed by atoms with E-state index in [9.17, 15) is 14.9 Å². The number of nitrogens with one attached hydrogen (secondary N) is 1. The van der Waals surface area contributed by atoms with Gasteiger partial charge in [0.15, 0.2) is 0 Å². The molecule has 6 heteroatoms. The molecule has 1 amide bonds. The van der Waals surface area contributed by atoms with Crippen molar-refractivity contribution in [1.82, 2.24) is 5.32 Å². The van der Waals surface area contributed by atoms with Crippen molar-refractivity contribution in [3.63, 3.8) is 0 Å². The first-order valence-electron chi connectivity index (χ1n) is 8.34. The molecular formula is C20H22N2O4. The molecule has 0 heterocycles. The highest BCUT2D eigenvalue weighted by Gasteiger charge is 2.07. The van der Waals surface area contributed by atoms with Crippen LogP contribution in [0.2, 0.25) is 0 Å². The Morgan fingerprint density at radius 1 is 1.27 bits per heavy atom. The molecule has 0 aliphatic rings. The third kappa shape index (κ3) is 6.05. The number of hydrogen-bond donors (Lipinski definition) is 1. The number of rotatable bonds is 8. The molecule has 1 unspecified atom stereocenters. The largest absolute Gasteiger partial charge is 0.497 e. The number of non-ortho nitro benzene ring substituents is 1. The van der Waals surface area contributed by atoms with Gasteiger partial charge < -0.3 is 10.1 Å². The third-order valence-corrected chi connectivity index (χ3v) is 3.92. The summed E-state index contributed by atoms with van der Waals surface area (Å²) in [5.41, 5.74) is 1.79. The Kier molecular flexibility index (Phi) is 6.91. The number of nitrogens with zero attached hydrogens (tertiary/aromatic N) is 1.